The summed E-state index contributed by atoms with van der Waals surface area (Å²) in [6.45, 7) is 1.79. The largest absolute Gasteiger partial charge is 0.463 e. The van der Waals surface area contributed by atoms with Crippen molar-refractivity contribution in [1.29, 1.82) is 0 Å². The van der Waals surface area contributed by atoms with Crippen LogP contribution in [-0.4, -0.2) is 42.4 Å². The Hall–Kier alpha value is -0.890. The summed E-state index contributed by atoms with van der Waals surface area (Å²) in [6.07, 6.45) is 0. The van der Waals surface area contributed by atoms with Crippen molar-refractivity contribution in [3.8, 4) is 0 Å². The molecule has 16 heavy (non-hydrogen) atoms. The summed E-state index contributed by atoms with van der Waals surface area (Å²) in [5, 5.41) is 8.26. The zero-order valence-corrected chi connectivity index (χ0v) is 10.8. The van der Waals surface area contributed by atoms with Crippen molar-refractivity contribution in [1.82, 2.24) is 10.2 Å². The van der Waals surface area contributed by atoms with Crippen LogP contribution in [0, 0.1) is 0 Å². The Morgan fingerprint density at radius 2 is 2.31 bits per heavy atom. The molecule has 90 valence electrons. The first kappa shape index (κ1) is 13.2. The SMILES string of the molecule is CCOC(=O)C(F)Sc1nnc(N(C)C)s1. The summed E-state index contributed by atoms with van der Waals surface area (Å²) in [5.41, 5.74) is -1.75. The van der Waals surface area contributed by atoms with Crippen LogP contribution in [0.3, 0.4) is 0 Å². The monoisotopic (exact) mass is 265 g/mol. The Labute approximate surface area is 101 Å². The van der Waals surface area contributed by atoms with E-state index in [0.29, 0.717) is 21.2 Å². The molecule has 0 saturated heterocycles. The molecule has 0 fully saturated rings. The molecule has 0 radical (unpaired) electrons. The molecule has 5 nitrogen and oxygen atoms in total. The molecule has 1 aromatic rings. The summed E-state index contributed by atoms with van der Waals surface area (Å²) in [6, 6.07) is 0. The Kier molecular flexibility index (Phi) is 4.94. The number of hydrogen-bond donors (Lipinski definition) is 0. The highest BCUT2D eigenvalue weighted by Crippen LogP contribution is 2.30. The van der Waals surface area contributed by atoms with E-state index in [9.17, 15) is 9.18 Å². The lowest BCUT2D eigenvalue weighted by Gasteiger charge is -2.05. The molecule has 0 N–H and O–H groups in total. The molecule has 0 aliphatic heterocycles. The summed E-state index contributed by atoms with van der Waals surface area (Å²) < 4.78 is 18.2. The van der Waals surface area contributed by atoms with E-state index in [1.807, 2.05) is 14.1 Å². The second-order valence-corrected chi connectivity index (χ2v) is 5.18. The molecule has 0 aliphatic carbocycles. The van der Waals surface area contributed by atoms with Crippen LogP contribution in [0.25, 0.3) is 0 Å². The number of ether oxygens (including phenoxy) is 1. The van der Waals surface area contributed by atoms with Crippen molar-refractivity contribution in [2.24, 2.45) is 0 Å². The second kappa shape index (κ2) is 6.00. The molecule has 0 spiro atoms. The number of anilines is 1. The van der Waals surface area contributed by atoms with E-state index in [1.54, 1.807) is 11.8 Å². The number of rotatable bonds is 5. The Morgan fingerprint density at radius 3 is 2.81 bits per heavy atom. The summed E-state index contributed by atoms with van der Waals surface area (Å²) in [7, 11) is 3.63. The minimum atomic E-state index is -1.75. The van der Waals surface area contributed by atoms with Gasteiger partial charge in [-0.05, 0) is 18.7 Å². The predicted octanol–water partition coefficient (Wildman–Crippen LogP) is 1.55. The molecule has 0 aromatic carbocycles. The number of esters is 1. The molecule has 0 aliphatic rings. The highest BCUT2D eigenvalue weighted by molar-refractivity contribution is 8.02. The number of alkyl halides is 1. The first-order valence-electron chi connectivity index (χ1n) is 4.52. The van der Waals surface area contributed by atoms with Gasteiger partial charge in [0.1, 0.15) is 0 Å². The summed E-state index contributed by atoms with van der Waals surface area (Å²) in [5.74, 6) is -0.880. The third-order valence-electron chi connectivity index (χ3n) is 1.45. The van der Waals surface area contributed by atoms with Gasteiger partial charge in [0, 0.05) is 14.1 Å². The van der Waals surface area contributed by atoms with Crippen LogP contribution in [0.2, 0.25) is 0 Å². The lowest BCUT2D eigenvalue weighted by Crippen LogP contribution is -2.15. The van der Waals surface area contributed by atoms with Gasteiger partial charge in [-0.3, -0.25) is 0 Å². The van der Waals surface area contributed by atoms with Crippen molar-refractivity contribution in [3.05, 3.63) is 0 Å². The molecule has 1 atom stereocenters. The van der Waals surface area contributed by atoms with Crippen molar-refractivity contribution in [2.45, 2.75) is 16.8 Å². The number of carbonyl (C=O) groups excluding carboxylic acids is 1. The lowest BCUT2D eigenvalue weighted by molar-refractivity contribution is -0.145. The number of nitrogens with zero attached hydrogens (tertiary/aromatic N) is 3. The van der Waals surface area contributed by atoms with Gasteiger partial charge in [-0.1, -0.05) is 11.3 Å². The van der Waals surface area contributed by atoms with Crippen molar-refractivity contribution in [2.75, 3.05) is 25.6 Å². The van der Waals surface area contributed by atoms with Gasteiger partial charge in [-0.25, -0.2) is 9.18 Å². The zero-order valence-electron chi connectivity index (χ0n) is 9.14. The number of hydrogen-bond acceptors (Lipinski definition) is 7. The Morgan fingerprint density at radius 1 is 1.62 bits per heavy atom. The Balaban J connectivity index is 2.55. The van der Waals surface area contributed by atoms with Crippen LogP contribution in [0.1, 0.15) is 6.92 Å². The van der Waals surface area contributed by atoms with Crippen LogP contribution >= 0.6 is 23.1 Å². The van der Waals surface area contributed by atoms with Gasteiger partial charge < -0.3 is 9.64 Å². The van der Waals surface area contributed by atoms with Crippen LogP contribution in [0.5, 0.6) is 0 Å². The molecular formula is C8H12FN3O2S2. The normalized spacial score (nSPS) is 12.2. The highest BCUT2D eigenvalue weighted by Gasteiger charge is 2.22. The highest BCUT2D eigenvalue weighted by atomic mass is 32.2. The van der Waals surface area contributed by atoms with Crippen LogP contribution < -0.4 is 4.90 Å². The van der Waals surface area contributed by atoms with E-state index in [2.05, 4.69) is 14.9 Å². The third-order valence-corrected chi connectivity index (χ3v) is 3.56. The third kappa shape index (κ3) is 3.60. The van der Waals surface area contributed by atoms with E-state index in [4.69, 9.17) is 0 Å². The van der Waals surface area contributed by atoms with Gasteiger partial charge in [0.15, 0.2) is 4.34 Å². The predicted molar refractivity (Wildman–Crippen MR) is 61.6 cm³/mol. The quantitative estimate of drug-likeness (QED) is 0.595. The van der Waals surface area contributed by atoms with Gasteiger partial charge in [0.2, 0.25) is 10.6 Å². The van der Waals surface area contributed by atoms with Gasteiger partial charge in [-0.2, -0.15) is 0 Å². The average molecular weight is 265 g/mol. The van der Waals surface area contributed by atoms with Crippen LogP contribution in [0.4, 0.5) is 9.52 Å². The van der Waals surface area contributed by atoms with E-state index >= 15 is 0 Å². The first-order valence-corrected chi connectivity index (χ1v) is 6.22. The number of thioether (sulfide) groups is 1. The first-order chi connectivity index (χ1) is 7.54. The molecular weight excluding hydrogens is 253 g/mol. The summed E-state index contributed by atoms with van der Waals surface area (Å²) >= 11 is 1.93. The van der Waals surface area contributed by atoms with Gasteiger partial charge in [-0.15, -0.1) is 10.2 Å². The fourth-order valence-corrected chi connectivity index (χ4v) is 2.38. The fourth-order valence-electron chi connectivity index (χ4n) is 0.775. The van der Waals surface area contributed by atoms with E-state index in [0.717, 1.165) is 0 Å². The Bertz CT molecular complexity index is 359. The molecule has 0 saturated carbocycles. The topological polar surface area (TPSA) is 55.3 Å². The second-order valence-electron chi connectivity index (χ2n) is 2.93. The van der Waals surface area contributed by atoms with Crippen molar-refractivity contribution in [3.63, 3.8) is 0 Å². The maximum Gasteiger partial charge on any atom is 0.351 e. The molecule has 1 rings (SSSR count). The van der Waals surface area contributed by atoms with Crippen molar-refractivity contribution < 1.29 is 13.9 Å². The van der Waals surface area contributed by atoms with Gasteiger partial charge >= 0.3 is 5.97 Å². The minimum Gasteiger partial charge on any atom is -0.463 e. The number of carbonyl (C=O) groups is 1. The fraction of sp³-hybridized carbons (Fsp3) is 0.625. The smallest absolute Gasteiger partial charge is 0.351 e. The van der Waals surface area contributed by atoms with E-state index in [1.165, 1.54) is 11.3 Å². The van der Waals surface area contributed by atoms with Gasteiger partial charge in [0.25, 0.3) is 0 Å². The minimum absolute atomic E-state index is 0.166. The molecule has 1 aromatic heterocycles. The van der Waals surface area contributed by atoms with E-state index in [-0.39, 0.29) is 6.61 Å². The van der Waals surface area contributed by atoms with Gasteiger partial charge in [0.05, 0.1) is 6.61 Å². The standard InChI is InChI=1S/C8H12FN3O2S2/c1-4-14-6(13)5(9)15-8-11-10-7(16-8)12(2)3/h5H,4H2,1-3H3. The molecule has 1 unspecified atom stereocenters. The van der Waals surface area contributed by atoms with Crippen LogP contribution in [-0.2, 0) is 9.53 Å². The average Bonchev–Trinajstić information content (AvgIpc) is 2.66. The van der Waals surface area contributed by atoms with Crippen molar-refractivity contribution >= 4 is 34.2 Å². The maximum absolute atomic E-state index is 13.3. The summed E-state index contributed by atoms with van der Waals surface area (Å²) in [4.78, 5) is 12.8. The molecule has 8 heteroatoms. The lowest BCUT2D eigenvalue weighted by atomic mass is 10.7. The molecule has 0 bridgehead atoms. The van der Waals surface area contributed by atoms with Crippen LogP contribution in [0.15, 0.2) is 4.34 Å². The molecule has 0 amide bonds. The van der Waals surface area contributed by atoms with E-state index < -0.39 is 11.5 Å². The zero-order chi connectivity index (χ0) is 12.1. The number of halogens is 1. The maximum atomic E-state index is 13.3. The molecule has 1 heterocycles. The number of aromatic nitrogens is 2.